The minimum absolute atomic E-state index is 0.0661. The Hall–Kier alpha value is -2.81. The van der Waals surface area contributed by atoms with Crippen molar-refractivity contribution in [2.45, 2.75) is 32.3 Å². The second-order valence-corrected chi connectivity index (χ2v) is 6.79. The fraction of sp³-hybridized carbons (Fsp3) is 0.227. The molecule has 126 valence electrons. The number of rotatable bonds is 3. The molecule has 3 aromatic carbocycles. The summed E-state index contributed by atoms with van der Waals surface area (Å²) in [6.45, 7) is 4.03. The van der Waals surface area contributed by atoms with E-state index in [1.165, 1.54) is 5.56 Å². The van der Waals surface area contributed by atoms with Gasteiger partial charge in [0.25, 0.3) is 0 Å². The zero-order valence-electron chi connectivity index (χ0n) is 14.5. The summed E-state index contributed by atoms with van der Waals surface area (Å²) < 4.78 is 5.73. The summed E-state index contributed by atoms with van der Waals surface area (Å²) in [4.78, 5) is 12.3. The number of carbonyl (C=O) groups is 1. The van der Waals surface area contributed by atoms with Crippen molar-refractivity contribution < 1.29 is 9.53 Å². The average molecular weight is 331 g/mol. The molecule has 1 amide bonds. The second kappa shape index (κ2) is 6.25. The van der Waals surface area contributed by atoms with Crippen LogP contribution in [-0.2, 0) is 4.79 Å². The van der Waals surface area contributed by atoms with E-state index in [2.05, 4.69) is 41.7 Å². The first-order valence-electron chi connectivity index (χ1n) is 8.70. The van der Waals surface area contributed by atoms with Crippen LogP contribution in [0.1, 0.15) is 37.3 Å². The lowest BCUT2D eigenvalue weighted by molar-refractivity contribution is -0.116. The van der Waals surface area contributed by atoms with Crippen LogP contribution in [-0.4, -0.2) is 12.0 Å². The molecule has 25 heavy (non-hydrogen) atoms. The summed E-state index contributed by atoms with van der Waals surface area (Å²) in [6, 6.07) is 20.6. The number of benzene rings is 3. The molecule has 0 aliphatic carbocycles. The Labute approximate surface area is 147 Å². The highest BCUT2D eigenvalue weighted by Crippen LogP contribution is 2.41. The van der Waals surface area contributed by atoms with Gasteiger partial charge in [0, 0.05) is 17.7 Å². The largest absolute Gasteiger partial charge is 0.491 e. The molecule has 0 saturated carbocycles. The Morgan fingerprint density at radius 3 is 2.52 bits per heavy atom. The van der Waals surface area contributed by atoms with E-state index >= 15 is 0 Å². The highest BCUT2D eigenvalue weighted by Gasteiger charge is 2.27. The molecule has 0 fully saturated rings. The molecular formula is C22H21NO2. The number of nitrogens with one attached hydrogen (secondary N) is 1. The number of amides is 1. The zero-order chi connectivity index (χ0) is 17.4. The molecule has 3 heteroatoms. The fourth-order valence-electron chi connectivity index (χ4n) is 3.55. The van der Waals surface area contributed by atoms with Gasteiger partial charge in [0.2, 0.25) is 5.91 Å². The van der Waals surface area contributed by atoms with Crippen molar-refractivity contribution in [3.63, 3.8) is 0 Å². The first kappa shape index (κ1) is 15.7. The maximum atomic E-state index is 12.3. The first-order chi connectivity index (χ1) is 12.1. The van der Waals surface area contributed by atoms with Crippen molar-refractivity contribution >= 4 is 22.4 Å². The summed E-state index contributed by atoms with van der Waals surface area (Å²) in [5, 5.41) is 5.31. The van der Waals surface area contributed by atoms with Crippen LogP contribution in [0, 0.1) is 0 Å². The second-order valence-electron chi connectivity index (χ2n) is 6.79. The van der Waals surface area contributed by atoms with E-state index in [-0.39, 0.29) is 17.9 Å². The molecule has 1 atom stereocenters. The lowest BCUT2D eigenvalue weighted by Crippen LogP contribution is -2.23. The van der Waals surface area contributed by atoms with Crippen LogP contribution < -0.4 is 10.1 Å². The molecule has 0 radical (unpaired) electrons. The molecule has 1 aliphatic heterocycles. The van der Waals surface area contributed by atoms with Crippen LogP contribution in [0.4, 0.5) is 5.69 Å². The van der Waals surface area contributed by atoms with E-state index in [9.17, 15) is 4.79 Å². The van der Waals surface area contributed by atoms with Crippen molar-refractivity contribution in [1.82, 2.24) is 0 Å². The van der Waals surface area contributed by atoms with Crippen molar-refractivity contribution in [1.29, 1.82) is 0 Å². The van der Waals surface area contributed by atoms with Crippen LogP contribution >= 0.6 is 0 Å². The van der Waals surface area contributed by atoms with Gasteiger partial charge < -0.3 is 10.1 Å². The van der Waals surface area contributed by atoms with E-state index in [0.29, 0.717) is 6.42 Å². The Balaban J connectivity index is 1.77. The van der Waals surface area contributed by atoms with Crippen LogP contribution in [0.15, 0.2) is 60.7 Å². The number of hydrogen-bond donors (Lipinski definition) is 1. The molecule has 4 rings (SSSR count). The maximum absolute atomic E-state index is 12.3. The summed E-state index contributed by atoms with van der Waals surface area (Å²) in [5.74, 6) is 0.996. The smallest absolute Gasteiger partial charge is 0.225 e. The molecule has 0 aromatic heterocycles. The summed E-state index contributed by atoms with van der Waals surface area (Å²) in [5.41, 5.74) is 3.26. The maximum Gasteiger partial charge on any atom is 0.225 e. The van der Waals surface area contributed by atoms with Crippen molar-refractivity contribution in [2.24, 2.45) is 0 Å². The molecule has 3 nitrogen and oxygen atoms in total. The van der Waals surface area contributed by atoms with Gasteiger partial charge in [0.1, 0.15) is 5.75 Å². The Bertz CT molecular complexity index is 928. The van der Waals surface area contributed by atoms with Gasteiger partial charge in [-0.15, -0.1) is 0 Å². The van der Waals surface area contributed by atoms with Gasteiger partial charge >= 0.3 is 0 Å². The summed E-state index contributed by atoms with van der Waals surface area (Å²) in [7, 11) is 0. The number of fused-ring (bicyclic) bond motifs is 3. The molecular weight excluding hydrogens is 310 g/mol. The van der Waals surface area contributed by atoms with Gasteiger partial charge in [-0.05, 0) is 42.5 Å². The molecule has 0 spiro atoms. The third-order valence-corrected chi connectivity index (χ3v) is 4.64. The van der Waals surface area contributed by atoms with Gasteiger partial charge in [-0.1, -0.05) is 48.5 Å². The lowest BCUT2D eigenvalue weighted by Gasteiger charge is -2.27. The average Bonchev–Trinajstić information content (AvgIpc) is 2.61. The van der Waals surface area contributed by atoms with Crippen LogP contribution in [0.2, 0.25) is 0 Å². The summed E-state index contributed by atoms with van der Waals surface area (Å²) in [6.07, 6.45) is 0.619. The van der Waals surface area contributed by atoms with E-state index in [0.717, 1.165) is 27.8 Å². The number of carbonyl (C=O) groups excluding carboxylic acids is 1. The quantitative estimate of drug-likeness (QED) is 0.725. The van der Waals surface area contributed by atoms with Crippen LogP contribution in [0.5, 0.6) is 5.75 Å². The fourth-order valence-corrected chi connectivity index (χ4v) is 3.55. The third-order valence-electron chi connectivity index (χ3n) is 4.64. The van der Waals surface area contributed by atoms with Crippen LogP contribution in [0.3, 0.4) is 0 Å². The van der Waals surface area contributed by atoms with Gasteiger partial charge in [-0.2, -0.15) is 0 Å². The SMILES string of the molecule is CC(C)Oc1ccc([C@@H]2CC(=O)Nc3c2ccc2ccccc32)cc1. The zero-order valence-corrected chi connectivity index (χ0v) is 14.5. The number of ether oxygens (including phenoxy) is 1. The van der Waals surface area contributed by atoms with E-state index < -0.39 is 0 Å². The van der Waals surface area contributed by atoms with Gasteiger partial charge in [0.05, 0.1) is 11.8 Å². The summed E-state index contributed by atoms with van der Waals surface area (Å²) >= 11 is 0. The molecule has 1 heterocycles. The number of anilines is 1. The first-order valence-corrected chi connectivity index (χ1v) is 8.70. The van der Waals surface area contributed by atoms with Gasteiger partial charge in [-0.3, -0.25) is 4.79 Å². The van der Waals surface area contributed by atoms with E-state index in [1.54, 1.807) is 0 Å². The lowest BCUT2D eigenvalue weighted by atomic mass is 9.83. The third kappa shape index (κ3) is 2.98. The molecule has 1 N–H and O–H groups in total. The highest BCUT2D eigenvalue weighted by molar-refractivity contribution is 6.06. The Kier molecular flexibility index (Phi) is 3.92. The van der Waals surface area contributed by atoms with Crippen LogP contribution in [0.25, 0.3) is 10.8 Å². The Morgan fingerprint density at radius 1 is 1.00 bits per heavy atom. The van der Waals surface area contributed by atoms with E-state index in [1.807, 2.05) is 38.1 Å². The minimum atomic E-state index is 0.0661. The molecule has 0 unspecified atom stereocenters. The van der Waals surface area contributed by atoms with Gasteiger partial charge in [0.15, 0.2) is 0 Å². The molecule has 1 aliphatic rings. The van der Waals surface area contributed by atoms with Gasteiger partial charge in [-0.25, -0.2) is 0 Å². The normalized spacial score (nSPS) is 16.6. The van der Waals surface area contributed by atoms with Crippen molar-refractivity contribution in [2.75, 3.05) is 5.32 Å². The highest BCUT2D eigenvalue weighted by atomic mass is 16.5. The standard InChI is InChI=1S/C22H21NO2/c1-14(2)25-17-10-7-16(8-11-17)20-13-21(24)23-22-18-6-4-3-5-15(18)9-12-19(20)22/h3-12,14,20H,13H2,1-2H3,(H,23,24)/t20-/m0/s1. The minimum Gasteiger partial charge on any atom is -0.491 e. The monoisotopic (exact) mass is 331 g/mol. The predicted molar refractivity (Wildman–Crippen MR) is 101 cm³/mol. The molecule has 0 bridgehead atoms. The topological polar surface area (TPSA) is 38.3 Å². The van der Waals surface area contributed by atoms with Crippen molar-refractivity contribution in [3.8, 4) is 5.75 Å². The molecule has 3 aromatic rings. The van der Waals surface area contributed by atoms with Crippen molar-refractivity contribution in [3.05, 3.63) is 71.8 Å². The van der Waals surface area contributed by atoms with E-state index in [4.69, 9.17) is 4.74 Å². The predicted octanol–water partition coefficient (Wildman–Crippen LogP) is 5.10. The number of hydrogen-bond acceptors (Lipinski definition) is 2. The molecule has 0 saturated heterocycles. The Morgan fingerprint density at radius 2 is 1.76 bits per heavy atom.